The van der Waals surface area contributed by atoms with E-state index in [0.29, 0.717) is 5.02 Å². The second kappa shape index (κ2) is 5.63. The Balaban J connectivity index is 2.90. The number of carbonyl (C=O) groups is 1. The summed E-state index contributed by atoms with van der Waals surface area (Å²) in [4.78, 5) is 10.8. The third-order valence-electron chi connectivity index (χ3n) is 1.60. The molecule has 0 aliphatic carbocycles. The van der Waals surface area contributed by atoms with Crippen LogP contribution in [0.1, 0.15) is 10.4 Å². The van der Waals surface area contributed by atoms with Crippen molar-refractivity contribution < 1.29 is 14.6 Å². The molecule has 0 bridgehead atoms. The van der Waals surface area contributed by atoms with Crippen molar-refractivity contribution in [2.45, 2.75) is 0 Å². The van der Waals surface area contributed by atoms with E-state index in [1.807, 2.05) is 0 Å². The Morgan fingerprint density at radius 2 is 2.27 bits per heavy atom. The van der Waals surface area contributed by atoms with Gasteiger partial charge in [-0.2, -0.15) is 0 Å². The van der Waals surface area contributed by atoms with Crippen molar-refractivity contribution in [3.8, 4) is 5.75 Å². The van der Waals surface area contributed by atoms with Gasteiger partial charge in [0.1, 0.15) is 17.9 Å². The number of rotatable bonds is 4. The molecule has 0 saturated carbocycles. The van der Waals surface area contributed by atoms with Gasteiger partial charge in [-0.25, -0.2) is 4.79 Å². The normalized spacial score (nSPS) is 10.5. The quantitative estimate of drug-likeness (QED) is 0.888. The van der Waals surface area contributed by atoms with E-state index in [4.69, 9.17) is 33.0 Å². The van der Waals surface area contributed by atoms with Gasteiger partial charge in [-0.15, -0.1) is 0 Å². The van der Waals surface area contributed by atoms with Gasteiger partial charge in [0.15, 0.2) is 0 Å². The third kappa shape index (κ3) is 3.46. The lowest BCUT2D eigenvalue weighted by Crippen LogP contribution is -2.03. The molecule has 80 valence electrons. The maximum Gasteiger partial charge on any atom is 0.339 e. The Bertz CT molecular complexity index is 388. The zero-order valence-electron chi connectivity index (χ0n) is 7.61. The predicted octanol–water partition coefficient (Wildman–Crippen LogP) is 3.17. The number of halogens is 2. The number of benzene rings is 1. The van der Waals surface area contributed by atoms with Crippen molar-refractivity contribution in [1.29, 1.82) is 0 Å². The molecule has 0 saturated heterocycles. The topological polar surface area (TPSA) is 46.5 Å². The monoisotopic (exact) mass is 246 g/mol. The predicted molar refractivity (Wildman–Crippen MR) is 58.9 cm³/mol. The number of hydrogen-bond donors (Lipinski definition) is 1. The number of carboxylic acid groups (broad SMARTS) is 1. The number of carboxylic acids is 1. The van der Waals surface area contributed by atoms with Crippen LogP contribution in [0.25, 0.3) is 0 Å². The van der Waals surface area contributed by atoms with E-state index in [1.54, 1.807) is 12.1 Å². The minimum Gasteiger partial charge on any atom is -0.489 e. The van der Waals surface area contributed by atoms with Gasteiger partial charge < -0.3 is 9.84 Å². The van der Waals surface area contributed by atoms with Crippen LogP contribution in [0.3, 0.4) is 0 Å². The Morgan fingerprint density at radius 1 is 1.53 bits per heavy atom. The summed E-state index contributed by atoms with van der Waals surface area (Å²) >= 11 is 11.0. The zero-order valence-corrected chi connectivity index (χ0v) is 9.13. The van der Waals surface area contributed by atoms with Gasteiger partial charge >= 0.3 is 5.97 Å². The summed E-state index contributed by atoms with van der Waals surface area (Å²) in [5.41, 5.74) is 1.33. The molecule has 15 heavy (non-hydrogen) atoms. The lowest BCUT2D eigenvalue weighted by Gasteiger charge is -2.06. The van der Waals surface area contributed by atoms with E-state index in [1.165, 1.54) is 17.7 Å². The third-order valence-corrected chi connectivity index (χ3v) is 2.01. The Morgan fingerprint density at radius 3 is 2.87 bits per heavy atom. The standard InChI is InChI=1S/C10H8Cl2O3/c11-4-1-5-15-9-3-2-7(12)6-8(9)10(13)14/h1-4,6H,5H2,(H,13,14). The summed E-state index contributed by atoms with van der Waals surface area (Å²) in [5.74, 6) is -0.816. The van der Waals surface area contributed by atoms with Crippen molar-refractivity contribution in [2.75, 3.05) is 6.61 Å². The minimum atomic E-state index is -1.08. The van der Waals surface area contributed by atoms with Gasteiger partial charge in [0.2, 0.25) is 0 Å². The summed E-state index contributed by atoms with van der Waals surface area (Å²) in [7, 11) is 0. The first-order chi connectivity index (χ1) is 7.15. The van der Waals surface area contributed by atoms with Crippen LogP contribution < -0.4 is 4.74 Å². The first-order valence-electron chi connectivity index (χ1n) is 4.06. The van der Waals surface area contributed by atoms with Gasteiger partial charge in [0, 0.05) is 10.6 Å². The van der Waals surface area contributed by atoms with E-state index in [-0.39, 0.29) is 17.9 Å². The average molecular weight is 247 g/mol. The summed E-state index contributed by atoms with van der Waals surface area (Å²) in [6, 6.07) is 4.41. The first-order valence-corrected chi connectivity index (χ1v) is 4.87. The number of hydrogen-bond acceptors (Lipinski definition) is 2. The van der Waals surface area contributed by atoms with E-state index >= 15 is 0 Å². The summed E-state index contributed by atoms with van der Waals surface area (Å²) < 4.78 is 5.18. The van der Waals surface area contributed by atoms with Crippen molar-refractivity contribution in [3.05, 3.63) is 40.4 Å². The highest BCUT2D eigenvalue weighted by Gasteiger charge is 2.11. The molecule has 0 heterocycles. The van der Waals surface area contributed by atoms with Crippen LogP contribution >= 0.6 is 23.2 Å². The SMILES string of the molecule is O=C(O)c1cc(Cl)ccc1OCC=CCl. The maximum absolute atomic E-state index is 10.8. The minimum absolute atomic E-state index is 0.0328. The molecular weight excluding hydrogens is 239 g/mol. The van der Waals surface area contributed by atoms with E-state index in [9.17, 15) is 4.79 Å². The molecule has 5 heteroatoms. The maximum atomic E-state index is 10.8. The highest BCUT2D eigenvalue weighted by molar-refractivity contribution is 6.31. The van der Waals surface area contributed by atoms with Gasteiger partial charge in [-0.05, 0) is 24.3 Å². The van der Waals surface area contributed by atoms with Crippen LogP contribution in [0.5, 0.6) is 5.75 Å². The molecule has 1 N–H and O–H groups in total. The van der Waals surface area contributed by atoms with Crippen LogP contribution in [-0.4, -0.2) is 17.7 Å². The van der Waals surface area contributed by atoms with E-state index in [0.717, 1.165) is 0 Å². The first kappa shape index (κ1) is 11.9. The van der Waals surface area contributed by atoms with Crippen molar-refractivity contribution >= 4 is 29.2 Å². The molecule has 0 spiro atoms. The van der Waals surface area contributed by atoms with Crippen LogP contribution in [0.2, 0.25) is 5.02 Å². The summed E-state index contributed by atoms with van der Waals surface area (Å²) in [6.07, 6.45) is 1.56. The molecule has 0 atom stereocenters. The molecule has 0 aliphatic heterocycles. The molecule has 1 aromatic carbocycles. The molecule has 0 radical (unpaired) electrons. The molecular formula is C10H8Cl2O3. The van der Waals surface area contributed by atoms with Crippen molar-refractivity contribution in [1.82, 2.24) is 0 Å². The van der Waals surface area contributed by atoms with Crippen LogP contribution in [0.4, 0.5) is 0 Å². The Kier molecular flexibility index (Phi) is 4.46. The summed E-state index contributed by atoms with van der Waals surface area (Å²) in [5, 5.41) is 9.22. The second-order valence-corrected chi connectivity index (χ2v) is 3.31. The van der Waals surface area contributed by atoms with Crippen molar-refractivity contribution in [2.24, 2.45) is 0 Å². The second-order valence-electron chi connectivity index (χ2n) is 2.62. The van der Waals surface area contributed by atoms with Gasteiger partial charge in [0.25, 0.3) is 0 Å². The molecule has 0 amide bonds. The lowest BCUT2D eigenvalue weighted by atomic mass is 10.2. The average Bonchev–Trinajstić information content (AvgIpc) is 2.20. The molecule has 1 aromatic rings. The smallest absolute Gasteiger partial charge is 0.339 e. The van der Waals surface area contributed by atoms with Crippen LogP contribution in [0.15, 0.2) is 29.8 Å². The van der Waals surface area contributed by atoms with E-state index < -0.39 is 5.97 Å². The highest BCUT2D eigenvalue weighted by atomic mass is 35.5. The van der Waals surface area contributed by atoms with E-state index in [2.05, 4.69) is 0 Å². The molecule has 1 rings (SSSR count). The molecule has 0 aromatic heterocycles. The fraction of sp³-hybridized carbons (Fsp3) is 0.100. The molecule has 3 nitrogen and oxygen atoms in total. The Hall–Kier alpha value is -1.19. The largest absolute Gasteiger partial charge is 0.489 e. The van der Waals surface area contributed by atoms with Crippen molar-refractivity contribution in [3.63, 3.8) is 0 Å². The van der Waals surface area contributed by atoms with Gasteiger partial charge in [0.05, 0.1) is 0 Å². The van der Waals surface area contributed by atoms with Gasteiger partial charge in [-0.3, -0.25) is 0 Å². The molecule has 0 fully saturated rings. The zero-order chi connectivity index (χ0) is 11.3. The highest BCUT2D eigenvalue weighted by Crippen LogP contribution is 2.22. The number of ether oxygens (including phenoxy) is 1. The fourth-order valence-corrected chi connectivity index (χ4v) is 1.21. The van der Waals surface area contributed by atoms with Gasteiger partial charge in [-0.1, -0.05) is 23.2 Å². The molecule has 0 aliphatic rings. The molecule has 0 unspecified atom stereocenters. The fourth-order valence-electron chi connectivity index (χ4n) is 0.969. The number of aromatic carboxylic acids is 1. The summed E-state index contributed by atoms with van der Waals surface area (Å²) in [6.45, 7) is 0.214. The Labute approximate surface area is 96.9 Å². The lowest BCUT2D eigenvalue weighted by molar-refractivity contribution is 0.0693. The van der Waals surface area contributed by atoms with Crippen LogP contribution in [0, 0.1) is 0 Å². The van der Waals surface area contributed by atoms with Crippen LogP contribution in [-0.2, 0) is 0 Å².